The Labute approximate surface area is 297 Å². The molecule has 4 nitrogen and oxygen atoms in total. The molecule has 0 radical (unpaired) electrons. The molecule has 51 heavy (non-hydrogen) atoms. The molecule has 0 fully saturated rings. The molecule has 0 saturated carbocycles. The van der Waals surface area contributed by atoms with Gasteiger partial charge in [0, 0.05) is 52.9 Å². The van der Waals surface area contributed by atoms with Crippen LogP contribution < -0.4 is 16.4 Å². The Morgan fingerprint density at radius 2 is 1.39 bits per heavy atom. The van der Waals surface area contributed by atoms with Gasteiger partial charge in [-0.2, -0.15) is 0 Å². The van der Waals surface area contributed by atoms with Gasteiger partial charge in [-0.1, -0.05) is 113 Å². The quantitative estimate of drug-likeness (QED) is 0.184. The van der Waals surface area contributed by atoms with Gasteiger partial charge in [-0.3, -0.25) is 4.98 Å². The summed E-state index contributed by atoms with van der Waals surface area (Å²) in [5.74, 6) is 1.25. The monoisotopic (exact) mass is 652 g/mol. The minimum atomic E-state index is 0.119. The third-order valence-electron chi connectivity index (χ3n) is 11.7. The lowest BCUT2D eigenvalue weighted by Crippen LogP contribution is -2.59. The number of rotatable bonds is 3. The summed E-state index contributed by atoms with van der Waals surface area (Å²) in [6.07, 6.45) is 8.54. The lowest BCUT2D eigenvalue weighted by Gasteiger charge is -2.35. The molecule has 240 valence electrons. The Hall–Kier alpha value is -6.07. The lowest BCUT2D eigenvalue weighted by atomic mass is 9.31. The van der Waals surface area contributed by atoms with Gasteiger partial charge >= 0.3 is 0 Å². The van der Waals surface area contributed by atoms with E-state index in [0.29, 0.717) is 0 Å². The number of fused-ring (bicyclic) bond motifs is 8. The van der Waals surface area contributed by atoms with Crippen molar-refractivity contribution in [1.82, 2.24) is 19.5 Å². The number of hydrogen-bond acceptors (Lipinski definition) is 3. The van der Waals surface area contributed by atoms with Crippen LogP contribution in [0.5, 0.6) is 0 Å². The predicted octanol–water partition coefficient (Wildman–Crippen LogP) is 7.75. The van der Waals surface area contributed by atoms with Gasteiger partial charge in [0.25, 0.3) is 0 Å². The van der Waals surface area contributed by atoms with E-state index in [1.165, 1.54) is 66.7 Å². The highest BCUT2D eigenvalue weighted by Gasteiger charge is 2.44. The van der Waals surface area contributed by atoms with Crippen molar-refractivity contribution in [2.45, 2.75) is 31.1 Å². The molecule has 2 aliphatic heterocycles. The van der Waals surface area contributed by atoms with Gasteiger partial charge in [-0.15, -0.1) is 0 Å². The van der Waals surface area contributed by atoms with Crippen LogP contribution in [0.25, 0.3) is 39.2 Å². The van der Waals surface area contributed by atoms with Crippen LogP contribution in [0, 0.1) is 0 Å². The highest BCUT2D eigenvalue weighted by molar-refractivity contribution is 6.97. The molecule has 5 aromatic carbocycles. The van der Waals surface area contributed by atoms with E-state index in [4.69, 9.17) is 15.0 Å². The number of nitrogens with zero attached hydrogens (tertiary/aromatic N) is 4. The van der Waals surface area contributed by atoms with Gasteiger partial charge in [0.1, 0.15) is 0 Å². The first-order valence-corrected chi connectivity index (χ1v) is 18.1. The maximum absolute atomic E-state index is 5.10. The highest BCUT2D eigenvalue weighted by Crippen LogP contribution is 2.47. The van der Waals surface area contributed by atoms with Crippen LogP contribution in [0.15, 0.2) is 152 Å². The van der Waals surface area contributed by atoms with Gasteiger partial charge in [0.15, 0.2) is 5.82 Å². The van der Waals surface area contributed by atoms with Crippen molar-refractivity contribution in [2.24, 2.45) is 0 Å². The Balaban J connectivity index is 1.24. The zero-order valence-corrected chi connectivity index (χ0v) is 28.1. The molecule has 0 saturated heterocycles. The summed E-state index contributed by atoms with van der Waals surface area (Å²) in [7, 11) is 0. The number of para-hydroxylation sites is 1. The maximum atomic E-state index is 5.10. The van der Waals surface area contributed by atoms with Crippen molar-refractivity contribution in [3.63, 3.8) is 0 Å². The van der Waals surface area contributed by atoms with Gasteiger partial charge < -0.3 is 4.57 Å². The van der Waals surface area contributed by atoms with E-state index in [2.05, 4.69) is 132 Å². The molecule has 5 heterocycles. The summed E-state index contributed by atoms with van der Waals surface area (Å²) in [6.45, 7) is 0.119. The number of aromatic nitrogens is 4. The Kier molecular flexibility index (Phi) is 6.33. The average Bonchev–Trinajstić information content (AvgIpc) is 3.31. The maximum Gasteiger partial charge on any atom is 0.242 e. The average molecular weight is 653 g/mol. The molecule has 11 rings (SSSR count). The number of hydrogen-bond donors (Lipinski definition) is 0. The summed E-state index contributed by atoms with van der Waals surface area (Å²) < 4.78 is 2.47. The highest BCUT2D eigenvalue weighted by atomic mass is 15.0. The molecule has 0 amide bonds. The van der Waals surface area contributed by atoms with Crippen LogP contribution in [0.2, 0.25) is 0 Å². The van der Waals surface area contributed by atoms with Crippen LogP contribution in [-0.2, 0) is 12.8 Å². The van der Waals surface area contributed by atoms with Crippen molar-refractivity contribution in [2.75, 3.05) is 0 Å². The van der Waals surface area contributed by atoms with E-state index < -0.39 is 0 Å². The smallest absolute Gasteiger partial charge is 0.242 e. The lowest BCUT2D eigenvalue weighted by molar-refractivity contribution is 0.710. The molecule has 0 N–H and O–H groups in total. The van der Waals surface area contributed by atoms with Crippen LogP contribution in [-0.4, -0.2) is 26.2 Å². The molecule has 3 aromatic heterocycles. The molecule has 0 bridgehead atoms. The van der Waals surface area contributed by atoms with Crippen LogP contribution >= 0.6 is 0 Å². The van der Waals surface area contributed by atoms with Gasteiger partial charge in [-0.05, 0) is 89.5 Å². The Bertz CT molecular complexity index is 2630. The molecule has 1 aliphatic carbocycles. The van der Waals surface area contributed by atoms with Crippen molar-refractivity contribution >= 4 is 34.1 Å². The second-order valence-corrected chi connectivity index (χ2v) is 14.2. The van der Waals surface area contributed by atoms with Crippen LogP contribution in [0.4, 0.5) is 0 Å². The standard InChI is InChI=1S/C46H33BN4/c1-3-12-29(13-4-1)36-27-30-26-31(46-49-24-11-25-50-46)28-37-34-21-22-40-43(45-41(20-10-23-48-45)51(40)32-14-5-2-6-15-32)35-17-9-19-39(42(34)35)47(44(30)37)38-18-8-7-16-33(36)38/h1-20,23-26,28,34,36H,21-22,27H2. The molecule has 5 heteroatoms. The zero-order valence-electron chi connectivity index (χ0n) is 28.1. The van der Waals surface area contributed by atoms with Crippen molar-refractivity contribution in [1.29, 1.82) is 0 Å². The third-order valence-corrected chi connectivity index (χ3v) is 11.7. The molecule has 0 spiro atoms. The Morgan fingerprint density at radius 1 is 0.627 bits per heavy atom. The SMILES string of the molecule is c1ccc(C2Cc3cc(-c4ncccn4)cc4c3B(c3ccccc32)c2cccc3c2C4CCc2c-3c3ncccc3n2-c2ccccc2)cc1. The number of pyridine rings is 1. The first-order valence-electron chi connectivity index (χ1n) is 18.1. The summed E-state index contributed by atoms with van der Waals surface area (Å²) in [4.78, 5) is 14.7. The molecular weight excluding hydrogens is 619 g/mol. The second kappa shape index (κ2) is 11.2. The normalized spacial score (nSPS) is 16.7. The fourth-order valence-corrected chi connectivity index (χ4v) is 9.74. The minimum absolute atomic E-state index is 0.119. The first-order chi connectivity index (χ1) is 25.3. The number of benzene rings is 5. The van der Waals surface area contributed by atoms with Gasteiger partial charge in [-0.25, -0.2) is 9.97 Å². The van der Waals surface area contributed by atoms with E-state index in [0.717, 1.165) is 41.7 Å². The predicted molar refractivity (Wildman–Crippen MR) is 207 cm³/mol. The van der Waals surface area contributed by atoms with E-state index >= 15 is 0 Å². The molecule has 8 aromatic rings. The van der Waals surface area contributed by atoms with E-state index in [-0.39, 0.29) is 18.5 Å². The molecular formula is C46H33BN4. The summed E-state index contributed by atoms with van der Waals surface area (Å²) in [6, 6.07) is 49.3. The third kappa shape index (κ3) is 4.24. The topological polar surface area (TPSA) is 43.6 Å². The first kappa shape index (κ1) is 28.7. The second-order valence-electron chi connectivity index (χ2n) is 14.2. The molecule has 3 aliphatic rings. The minimum Gasteiger partial charge on any atom is -0.311 e. The fraction of sp³-hybridized carbons (Fsp3) is 0.109. The molecule has 2 atom stereocenters. The van der Waals surface area contributed by atoms with E-state index in [1.54, 1.807) is 0 Å². The van der Waals surface area contributed by atoms with Crippen LogP contribution in [0.3, 0.4) is 0 Å². The Morgan fingerprint density at radius 3 is 2.25 bits per heavy atom. The van der Waals surface area contributed by atoms with E-state index in [9.17, 15) is 0 Å². The zero-order chi connectivity index (χ0) is 33.5. The van der Waals surface area contributed by atoms with Crippen molar-refractivity contribution < 1.29 is 0 Å². The van der Waals surface area contributed by atoms with Crippen molar-refractivity contribution in [3.05, 3.63) is 186 Å². The summed E-state index contributed by atoms with van der Waals surface area (Å²) in [5.41, 5.74) is 19.9. The fourth-order valence-electron chi connectivity index (χ4n) is 9.74. The summed E-state index contributed by atoms with van der Waals surface area (Å²) in [5, 5.41) is 0. The molecule has 2 unspecified atom stereocenters. The summed E-state index contributed by atoms with van der Waals surface area (Å²) >= 11 is 0. The largest absolute Gasteiger partial charge is 0.311 e. The van der Waals surface area contributed by atoms with Gasteiger partial charge in [0.2, 0.25) is 6.71 Å². The van der Waals surface area contributed by atoms with Crippen molar-refractivity contribution in [3.8, 4) is 28.2 Å². The van der Waals surface area contributed by atoms with Crippen LogP contribution in [0.1, 0.15) is 51.8 Å². The van der Waals surface area contributed by atoms with Gasteiger partial charge in [0.05, 0.1) is 11.0 Å². The van der Waals surface area contributed by atoms with E-state index in [1.807, 2.05) is 24.7 Å².